The van der Waals surface area contributed by atoms with E-state index in [0.29, 0.717) is 23.9 Å². The number of hydrogen-bond donors (Lipinski definition) is 0. The standard InChI is InChI=1S/C20H24F3N3O/c1-27-19-24-11-16(12-25-19)14-26-10-4-5-15(13-26)8-9-17-6-2-3-7-18(17)20(21,22)23/h2-3,6-7,11-12,15H,4-5,8-10,13-14H2,1H3/t15-/m1/s1. The van der Waals surface area contributed by atoms with E-state index >= 15 is 0 Å². The molecule has 2 aromatic rings. The average molecular weight is 379 g/mol. The van der Waals surface area contributed by atoms with Gasteiger partial charge in [0.15, 0.2) is 0 Å². The molecule has 27 heavy (non-hydrogen) atoms. The number of rotatable bonds is 6. The number of methoxy groups -OCH3 is 1. The number of likely N-dealkylation sites (tertiary alicyclic amines) is 1. The summed E-state index contributed by atoms with van der Waals surface area (Å²) in [4.78, 5) is 10.6. The van der Waals surface area contributed by atoms with Crippen LogP contribution < -0.4 is 4.74 Å². The third-order valence-electron chi connectivity index (χ3n) is 5.02. The molecule has 0 bridgehead atoms. The van der Waals surface area contributed by atoms with Crippen LogP contribution in [0, 0.1) is 5.92 Å². The molecule has 1 aliphatic rings. The Morgan fingerprint density at radius 3 is 2.63 bits per heavy atom. The van der Waals surface area contributed by atoms with Crippen LogP contribution in [0.15, 0.2) is 36.7 Å². The summed E-state index contributed by atoms with van der Waals surface area (Å²) in [5.74, 6) is 0.402. The second kappa shape index (κ2) is 8.69. The van der Waals surface area contributed by atoms with E-state index in [9.17, 15) is 13.2 Å². The number of nitrogens with zero attached hydrogens (tertiary/aromatic N) is 3. The molecular formula is C20H24F3N3O. The SMILES string of the molecule is COc1ncc(CN2CCC[C@H](CCc3ccccc3C(F)(F)F)C2)cn1. The normalized spacial score (nSPS) is 18.4. The number of aromatic nitrogens is 2. The fraction of sp³-hybridized carbons (Fsp3) is 0.500. The van der Waals surface area contributed by atoms with Crippen molar-refractivity contribution in [3.8, 4) is 6.01 Å². The van der Waals surface area contributed by atoms with E-state index in [2.05, 4.69) is 14.9 Å². The molecule has 0 unspecified atom stereocenters. The van der Waals surface area contributed by atoms with Gasteiger partial charge in [-0.25, -0.2) is 9.97 Å². The highest BCUT2D eigenvalue weighted by molar-refractivity contribution is 5.29. The highest BCUT2D eigenvalue weighted by Gasteiger charge is 2.33. The Morgan fingerprint density at radius 1 is 1.19 bits per heavy atom. The molecule has 4 nitrogen and oxygen atoms in total. The van der Waals surface area contributed by atoms with Crippen LogP contribution in [0.3, 0.4) is 0 Å². The van der Waals surface area contributed by atoms with Gasteiger partial charge in [-0.15, -0.1) is 0 Å². The first-order valence-electron chi connectivity index (χ1n) is 9.18. The number of ether oxygens (including phenoxy) is 1. The smallest absolute Gasteiger partial charge is 0.416 e. The van der Waals surface area contributed by atoms with Crippen molar-refractivity contribution in [3.63, 3.8) is 0 Å². The lowest BCUT2D eigenvalue weighted by Gasteiger charge is -2.32. The average Bonchev–Trinajstić information content (AvgIpc) is 2.67. The Labute approximate surface area is 157 Å². The largest absolute Gasteiger partial charge is 0.467 e. The van der Waals surface area contributed by atoms with E-state index in [-0.39, 0.29) is 0 Å². The predicted molar refractivity (Wildman–Crippen MR) is 96.4 cm³/mol. The summed E-state index contributed by atoms with van der Waals surface area (Å²) < 4.78 is 44.4. The zero-order chi connectivity index (χ0) is 19.3. The van der Waals surface area contributed by atoms with Crippen molar-refractivity contribution in [1.82, 2.24) is 14.9 Å². The van der Waals surface area contributed by atoms with E-state index in [1.807, 2.05) is 0 Å². The van der Waals surface area contributed by atoms with Crippen LogP contribution in [0.25, 0.3) is 0 Å². The zero-order valence-corrected chi connectivity index (χ0v) is 15.4. The van der Waals surface area contributed by atoms with Gasteiger partial charge < -0.3 is 4.74 Å². The van der Waals surface area contributed by atoms with Gasteiger partial charge in [0, 0.05) is 31.0 Å². The molecule has 0 N–H and O–H groups in total. The van der Waals surface area contributed by atoms with Crippen molar-refractivity contribution in [2.75, 3.05) is 20.2 Å². The predicted octanol–water partition coefficient (Wildman–Crippen LogP) is 4.35. The molecule has 2 heterocycles. The summed E-state index contributed by atoms with van der Waals surface area (Å²) >= 11 is 0. The third kappa shape index (κ3) is 5.42. The van der Waals surface area contributed by atoms with Crippen LogP contribution in [-0.2, 0) is 19.1 Å². The maximum absolute atomic E-state index is 13.1. The van der Waals surface area contributed by atoms with Crippen molar-refractivity contribution in [2.24, 2.45) is 5.92 Å². The molecule has 1 saturated heterocycles. The molecule has 0 amide bonds. The van der Waals surface area contributed by atoms with Crippen LogP contribution in [0.5, 0.6) is 6.01 Å². The molecule has 1 aromatic carbocycles. The maximum atomic E-state index is 13.1. The molecule has 0 saturated carbocycles. The highest BCUT2D eigenvalue weighted by Crippen LogP contribution is 2.33. The van der Waals surface area contributed by atoms with E-state index in [4.69, 9.17) is 4.74 Å². The molecule has 1 fully saturated rings. The molecule has 0 spiro atoms. The van der Waals surface area contributed by atoms with Gasteiger partial charge in [0.2, 0.25) is 0 Å². The lowest BCUT2D eigenvalue weighted by molar-refractivity contribution is -0.138. The van der Waals surface area contributed by atoms with Gasteiger partial charge in [-0.05, 0) is 49.8 Å². The molecule has 1 aliphatic heterocycles. The number of hydrogen-bond acceptors (Lipinski definition) is 4. The Kier molecular flexibility index (Phi) is 6.31. The molecule has 7 heteroatoms. The number of piperidine rings is 1. The summed E-state index contributed by atoms with van der Waals surface area (Å²) in [6, 6.07) is 6.25. The number of alkyl halides is 3. The van der Waals surface area contributed by atoms with E-state index in [1.54, 1.807) is 24.5 Å². The molecule has 1 atom stereocenters. The second-order valence-electron chi connectivity index (χ2n) is 7.01. The first-order valence-corrected chi connectivity index (χ1v) is 9.18. The summed E-state index contributed by atoms with van der Waals surface area (Å²) in [6.07, 6.45) is 2.57. The Bertz CT molecular complexity index is 734. The van der Waals surface area contributed by atoms with Gasteiger partial charge in [-0.1, -0.05) is 18.2 Å². The van der Waals surface area contributed by atoms with Gasteiger partial charge in [0.25, 0.3) is 0 Å². The van der Waals surface area contributed by atoms with Gasteiger partial charge in [-0.2, -0.15) is 13.2 Å². The number of aryl methyl sites for hydroxylation is 1. The lowest BCUT2D eigenvalue weighted by Crippen LogP contribution is -2.35. The van der Waals surface area contributed by atoms with Crippen LogP contribution in [0.1, 0.15) is 36.0 Å². The van der Waals surface area contributed by atoms with Crippen LogP contribution in [0.4, 0.5) is 13.2 Å². The molecule has 0 aliphatic carbocycles. The molecule has 0 radical (unpaired) electrons. The summed E-state index contributed by atoms with van der Waals surface area (Å²) in [5.41, 5.74) is 0.901. The van der Waals surface area contributed by atoms with Crippen LogP contribution >= 0.6 is 0 Å². The van der Waals surface area contributed by atoms with Crippen molar-refractivity contribution >= 4 is 0 Å². The number of halogens is 3. The summed E-state index contributed by atoms with van der Waals surface area (Å²) in [7, 11) is 1.53. The lowest BCUT2D eigenvalue weighted by atomic mass is 9.90. The minimum atomic E-state index is -4.29. The third-order valence-corrected chi connectivity index (χ3v) is 5.02. The van der Waals surface area contributed by atoms with Crippen molar-refractivity contribution < 1.29 is 17.9 Å². The van der Waals surface area contributed by atoms with E-state index < -0.39 is 11.7 Å². The second-order valence-corrected chi connectivity index (χ2v) is 7.01. The van der Waals surface area contributed by atoms with Crippen LogP contribution in [0.2, 0.25) is 0 Å². The van der Waals surface area contributed by atoms with Crippen molar-refractivity contribution in [3.05, 3.63) is 53.3 Å². The number of benzene rings is 1. The van der Waals surface area contributed by atoms with Gasteiger partial charge >= 0.3 is 12.2 Å². The molecular weight excluding hydrogens is 355 g/mol. The minimum absolute atomic E-state index is 0.346. The summed E-state index contributed by atoms with van der Waals surface area (Å²) in [5, 5.41) is 0. The first-order chi connectivity index (χ1) is 13.0. The molecule has 3 rings (SSSR count). The quantitative estimate of drug-likeness (QED) is 0.748. The van der Waals surface area contributed by atoms with E-state index in [0.717, 1.165) is 44.5 Å². The highest BCUT2D eigenvalue weighted by atomic mass is 19.4. The monoisotopic (exact) mass is 379 g/mol. The topological polar surface area (TPSA) is 38.2 Å². The minimum Gasteiger partial charge on any atom is -0.467 e. The Hall–Kier alpha value is -2.15. The van der Waals surface area contributed by atoms with Gasteiger partial charge in [0.05, 0.1) is 12.7 Å². The molecule has 146 valence electrons. The van der Waals surface area contributed by atoms with Crippen molar-refractivity contribution in [2.45, 2.75) is 38.4 Å². The van der Waals surface area contributed by atoms with Crippen molar-refractivity contribution in [1.29, 1.82) is 0 Å². The Morgan fingerprint density at radius 2 is 1.93 bits per heavy atom. The first kappa shape index (κ1) is 19.6. The fourth-order valence-electron chi connectivity index (χ4n) is 3.69. The van der Waals surface area contributed by atoms with Crippen LogP contribution in [-0.4, -0.2) is 35.1 Å². The zero-order valence-electron chi connectivity index (χ0n) is 15.4. The van der Waals surface area contributed by atoms with Gasteiger partial charge in [-0.3, -0.25) is 4.90 Å². The van der Waals surface area contributed by atoms with E-state index in [1.165, 1.54) is 19.2 Å². The molecule has 1 aromatic heterocycles. The fourth-order valence-corrected chi connectivity index (χ4v) is 3.69. The Balaban J connectivity index is 1.56. The maximum Gasteiger partial charge on any atom is 0.416 e. The summed E-state index contributed by atoms with van der Waals surface area (Å²) in [6.45, 7) is 2.63. The van der Waals surface area contributed by atoms with Gasteiger partial charge in [0.1, 0.15) is 0 Å².